The number of hydrogen-bond donors (Lipinski definition) is 5. The molecule has 1 saturated heterocycles. The Morgan fingerprint density at radius 3 is 2.69 bits per heavy atom. The predicted molar refractivity (Wildman–Crippen MR) is 160 cm³/mol. The number of thioether (sulfide) groups is 2. The number of aromatic nitrogens is 5. The first-order valence-corrected chi connectivity index (χ1v) is 15.6. The molecule has 3 aromatic rings. The molecule has 3 amide bonds. The van der Waals surface area contributed by atoms with Crippen LogP contribution in [0.15, 0.2) is 57.7 Å². The van der Waals surface area contributed by atoms with Crippen molar-refractivity contribution in [3.8, 4) is 5.75 Å². The Morgan fingerprint density at radius 1 is 1.27 bits per heavy atom. The fourth-order valence-corrected chi connectivity index (χ4v) is 7.11. The summed E-state index contributed by atoms with van der Waals surface area (Å²) in [6.07, 6.45) is 1.15. The van der Waals surface area contributed by atoms with Gasteiger partial charge in [-0.25, -0.2) is 9.48 Å². The number of aliphatic hydroxyl groups is 1. The van der Waals surface area contributed by atoms with E-state index in [-0.39, 0.29) is 27.9 Å². The number of ether oxygens (including phenoxy) is 1. The molecule has 2 aliphatic rings. The van der Waals surface area contributed by atoms with E-state index in [2.05, 4.69) is 31.1 Å². The van der Waals surface area contributed by atoms with E-state index in [0.717, 1.165) is 11.1 Å². The van der Waals surface area contributed by atoms with Crippen LogP contribution in [-0.4, -0.2) is 93.5 Å². The molecule has 0 bridgehead atoms. The average molecular weight is 677 g/mol. The highest BCUT2D eigenvalue weighted by Gasteiger charge is 2.54. The molecule has 0 aliphatic carbocycles. The fourth-order valence-electron chi connectivity index (χ4n) is 4.57. The van der Waals surface area contributed by atoms with Crippen LogP contribution in [0, 0.1) is 0 Å². The average Bonchev–Trinajstić information content (AvgIpc) is 3.45. The van der Waals surface area contributed by atoms with Gasteiger partial charge in [-0.2, -0.15) is 0 Å². The topological polar surface area (TPSA) is 222 Å². The maximum absolute atomic E-state index is 13.5. The molecule has 0 radical (unpaired) electrons. The Hall–Kier alpha value is -4.39. The van der Waals surface area contributed by atoms with E-state index in [1.165, 1.54) is 28.2 Å². The molecule has 2 unspecified atom stereocenters. The number of tetrazole rings is 1. The van der Waals surface area contributed by atoms with Crippen molar-refractivity contribution >= 4 is 58.8 Å². The summed E-state index contributed by atoms with van der Waals surface area (Å²) in [6.45, 7) is -1.15. The first-order valence-electron chi connectivity index (χ1n) is 13.1. The lowest BCUT2D eigenvalue weighted by atomic mass is 10.0. The zero-order valence-electron chi connectivity index (χ0n) is 23.3. The fraction of sp³-hybridized carbons (Fsp3) is 0.308. The molecule has 2 aliphatic heterocycles. The van der Waals surface area contributed by atoms with E-state index in [1.807, 2.05) is 0 Å². The molecule has 0 saturated carbocycles. The number of carboxylic acids is 1. The number of carbonyl (C=O) groups is 4. The van der Waals surface area contributed by atoms with Crippen molar-refractivity contribution in [2.24, 2.45) is 7.05 Å². The van der Waals surface area contributed by atoms with E-state index >= 15 is 0 Å². The lowest BCUT2D eigenvalue weighted by Crippen LogP contribution is -2.71. The van der Waals surface area contributed by atoms with Crippen LogP contribution in [0.2, 0.25) is 5.02 Å². The number of amides is 3. The first kappa shape index (κ1) is 32.0. The Bertz CT molecular complexity index is 1730. The molecule has 2 aromatic heterocycles. The largest absolute Gasteiger partial charge is 0.478 e. The number of carbonyl (C=O) groups excluding carboxylic acids is 3. The van der Waals surface area contributed by atoms with Crippen LogP contribution in [0.25, 0.3) is 0 Å². The molecule has 5 N–H and O–H groups in total. The standard InChI is InChI=1S/C26H25ClN8O8S2/c1-34-26(31-32-33-34)45-11-13-10-44-24-19(23(40)35(24)20(13)25(41)42)30-22(39)18(12-5-3-2-4-6-12)29-16(37)9-43-15-7-28-14(8-36)17(27)21(15)38/h2-7,18-19,24,36H,8-11H2,1H3,(H,28,38)(H,29,37)(H,30,39)(H,41,42)/t18?,19?,24-/m0/s1. The lowest BCUT2D eigenvalue weighted by Gasteiger charge is -2.49. The number of nitrogens with one attached hydrogen (secondary N) is 3. The number of pyridine rings is 1. The summed E-state index contributed by atoms with van der Waals surface area (Å²) in [5.74, 6) is -3.08. The molecule has 45 heavy (non-hydrogen) atoms. The third kappa shape index (κ3) is 6.68. The highest BCUT2D eigenvalue weighted by atomic mass is 35.5. The van der Waals surface area contributed by atoms with Gasteiger partial charge in [0.15, 0.2) is 12.4 Å². The minimum atomic E-state index is -1.27. The van der Waals surface area contributed by atoms with Crippen LogP contribution in [0.4, 0.5) is 0 Å². The zero-order valence-corrected chi connectivity index (χ0v) is 25.7. The number of aryl methyl sites for hydroxylation is 1. The third-order valence-electron chi connectivity index (χ3n) is 6.79. The molecule has 3 atom stereocenters. The van der Waals surface area contributed by atoms with Gasteiger partial charge in [0, 0.05) is 24.8 Å². The van der Waals surface area contributed by atoms with E-state index in [4.69, 9.17) is 16.3 Å². The maximum atomic E-state index is 13.5. The molecule has 1 aromatic carbocycles. The maximum Gasteiger partial charge on any atom is 0.352 e. The molecule has 5 rings (SSSR count). The number of benzene rings is 1. The molecular formula is C26H25ClN8O8S2. The van der Waals surface area contributed by atoms with Crippen LogP contribution >= 0.6 is 35.1 Å². The minimum absolute atomic E-state index is 0.0834. The van der Waals surface area contributed by atoms with Gasteiger partial charge in [-0.05, 0) is 21.6 Å². The summed E-state index contributed by atoms with van der Waals surface area (Å²) in [6, 6.07) is 5.97. The second-order valence-corrected chi connectivity index (χ2v) is 12.1. The molecular weight excluding hydrogens is 652 g/mol. The Labute approximate surface area is 267 Å². The van der Waals surface area contributed by atoms with Crippen LogP contribution < -0.4 is 20.8 Å². The van der Waals surface area contributed by atoms with E-state index in [1.54, 1.807) is 37.4 Å². The zero-order chi connectivity index (χ0) is 32.2. The number of rotatable bonds is 12. The molecule has 236 valence electrons. The second kappa shape index (κ2) is 13.7. The van der Waals surface area contributed by atoms with Gasteiger partial charge in [0.05, 0.1) is 12.3 Å². The van der Waals surface area contributed by atoms with E-state index in [9.17, 15) is 34.2 Å². The highest BCUT2D eigenvalue weighted by Crippen LogP contribution is 2.41. The Balaban J connectivity index is 1.27. The second-order valence-electron chi connectivity index (χ2n) is 9.66. The number of hydrogen-bond acceptors (Lipinski definition) is 12. The van der Waals surface area contributed by atoms with Crippen molar-refractivity contribution in [2.45, 2.75) is 29.2 Å². The van der Waals surface area contributed by atoms with Gasteiger partial charge in [-0.3, -0.25) is 24.1 Å². The molecule has 16 nitrogen and oxygen atoms in total. The number of nitrogens with zero attached hydrogens (tertiary/aromatic N) is 5. The van der Waals surface area contributed by atoms with Crippen LogP contribution in [0.5, 0.6) is 5.75 Å². The summed E-state index contributed by atoms with van der Waals surface area (Å²) in [4.78, 5) is 67.9. The quantitative estimate of drug-likeness (QED) is 0.124. The SMILES string of the molecule is Cn1nnnc1SCC1=C(C(=O)O)N2C(=O)C(NC(=O)C(NC(=O)COc3c[nH]c(CO)c(Cl)c3=O)c3ccccc3)[C@@H]2SC1. The first-order chi connectivity index (χ1) is 21.6. The van der Waals surface area contributed by atoms with Crippen molar-refractivity contribution in [3.63, 3.8) is 0 Å². The number of aliphatic hydroxyl groups excluding tert-OH is 1. The van der Waals surface area contributed by atoms with Gasteiger partial charge in [0.1, 0.15) is 28.2 Å². The van der Waals surface area contributed by atoms with Crippen molar-refractivity contribution in [3.05, 3.63) is 74.3 Å². The monoisotopic (exact) mass is 676 g/mol. The summed E-state index contributed by atoms with van der Waals surface area (Å²) in [5, 5.41) is 35.1. The number of fused-ring (bicyclic) bond motifs is 1. The minimum Gasteiger partial charge on any atom is -0.478 e. The molecule has 4 heterocycles. The van der Waals surface area contributed by atoms with Crippen molar-refractivity contribution in [2.75, 3.05) is 18.1 Å². The lowest BCUT2D eigenvalue weighted by molar-refractivity contribution is -0.151. The summed E-state index contributed by atoms with van der Waals surface area (Å²) in [5.41, 5.74) is 0.115. The number of aliphatic carboxylic acids is 1. The van der Waals surface area contributed by atoms with Gasteiger partial charge < -0.3 is 30.6 Å². The van der Waals surface area contributed by atoms with Crippen LogP contribution in [0.3, 0.4) is 0 Å². The smallest absolute Gasteiger partial charge is 0.352 e. The summed E-state index contributed by atoms with van der Waals surface area (Å²) >= 11 is 8.44. The number of aromatic amines is 1. The van der Waals surface area contributed by atoms with E-state index in [0.29, 0.717) is 22.0 Å². The number of carboxylic acid groups (broad SMARTS) is 1. The third-order valence-corrected chi connectivity index (χ3v) is 9.62. The molecule has 0 spiro atoms. The van der Waals surface area contributed by atoms with Gasteiger partial charge in [0.2, 0.25) is 16.5 Å². The van der Waals surface area contributed by atoms with Crippen LogP contribution in [-0.2, 0) is 32.8 Å². The Morgan fingerprint density at radius 2 is 2.02 bits per heavy atom. The van der Waals surface area contributed by atoms with Crippen molar-refractivity contribution in [1.29, 1.82) is 0 Å². The van der Waals surface area contributed by atoms with E-state index < -0.39 is 59.8 Å². The number of β-lactam (4-membered cyclic amide) rings is 1. The van der Waals surface area contributed by atoms with Gasteiger partial charge in [0.25, 0.3) is 11.8 Å². The Kier molecular flexibility index (Phi) is 9.76. The number of halogens is 1. The van der Waals surface area contributed by atoms with Crippen molar-refractivity contribution < 1.29 is 34.1 Å². The molecule has 19 heteroatoms. The number of H-pyrrole nitrogens is 1. The van der Waals surface area contributed by atoms with Gasteiger partial charge >= 0.3 is 5.97 Å². The normalized spacial score (nSPS) is 18.1. The highest BCUT2D eigenvalue weighted by molar-refractivity contribution is 8.01. The van der Waals surface area contributed by atoms with Crippen LogP contribution in [0.1, 0.15) is 17.3 Å². The summed E-state index contributed by atoms with van der Waals surface area (Å²) < 4.78 is 6.75. The van der Waals surface area contributed by atoms with Gasteiger partial charge in [-0.1, -0.05) is 53.7 Å². The van der Waals surface area contributed by atoms with Crippen molar-refractivity contribution in [1.82, 2.24) is 40.7 Å². The van der Waals surface area contributed by atoms with Gasteiger partial charge in [-0.15, -0.1) is 16.9 Å². The predicted octanol–water partition coefficient (Wildman–Crippen LogP) is -0.189. The summed E-state index contributed by atoms with van der Waals surface area (Å²) in [7, 11) is 1.65. The molecule has 1 fully saturated rings.